The molecular formula is C81H85N9O4S. The van der Waals surface area contributed by atoms with E-state index in [9.17, 15) is 13.2 Å². The second-order valence-electron chi connectivity index (χ2n) is 27.9. The molecule has 0 unspecified atom stereocenters. The Kier molecular flexibility index (Phi) is 19.8. The summed E-state index contributed by atoms with van der Waals surface area (Å²) in [5.74, 6) is 2.39. The summed E-state index contributed by atoms with van der Waals surface area (Å²) in [4.78, 5) is 36.5. The number of ether oxygens (including phenoxy) is 1. The van der Waals surface area contributed by atoms with Crippen LogP contribution in [0.3, 0.4) is 0 Å². The molecule has 0 bridgehead atoms. The van der Waals surface area contributed by atoms with Crippen LogP contribution in [0.4, 0.5) is 21.9 Å². The van der Waals surface area contributed by atoms with Gasteiger partial charge >= 0.3 is 6.09 Å². The van der Waals surface area contributed by atoms with Crippen LogP contribution in [0.1, 0.15) is 134 Å². The fourth-order valence-corrected chi connectivity index (χ4v) is 11.3. The van der Waals surface area contributed by atoms with Gasteiger partial charge in [-0.05, 0) is 160 Å². The summed E-state index contributed by atoms with van der Waals surface area (Å²) in [6.07, 6.45) is 12.8. The summed E-state index contributed by atoms with van der Waals surface area (Å²) >= 11 is 0. The number of amides is 1. The second-order valence-corrected chi connectivity index (χ2v) is 29.6. The second kappa shape index (κ2) is 27.9. The molecule has 3 heterocycles. The minimum atomic E-state index is -3.37. The zero-order valence-corrected chi connectivity index (χ0v) is 57.3. The van der Waals surface area contributed by atoms with Gasteiger partial charge in [-0.25, -0.2) is 28.2 Å². The summed E-state index contributed by atoms with van der Waals surface area (Å²) in [5.41, 5.74) is 26.6. The van der Waals surface area contributed by atoms with Gasteiger partial charge in [-0.1, -0.05) is 226 Å². The van der Waals surface area contributed by atoms with Crippen molar-refractivity contribution in [2.24, 2.45) is 0 Å². The van der Waals surface area contributed by atoms with Crippen LogP contribution in [0.15, 0.2) is 200 Å². The van der Waals surface area contributed by atoms with E-state index in [4.69, 9.17) is 15.5 Å². The van der Waals surface area contributed by atoms with Crippen molar-refractivity contribution >= 4 is 103 Å². The Morgan fingerprint density at radius 1 is 0.421 bits per heavy atom. The van der Waals surface area contributed by atoms with Crippen molar-refractivity contribution in [1.29, 1.82) is 0 Å². The molecule has 0 aliphatic rings. The van der Waals surface area contributed by atoms with Gasteiger partial charge in [0.2, 0.25) is 10.0 Å². The molecule has 484 valence electrons. The lowest BCUT2D eigenvalue weighted by Crippen LogP contribution is -2.27. The van der Waals surface area contributed by atoms with E-state index in [0.29, 0.717) is 11.4 Å². The summed E-state index contributed by atoms with van der Waals surface area (Å²) in [5, 5.41) is 2.87. The molecule has 0 fully saturated rings. The Morgan fingerprint density at radius 3 is 1.09 bits per heavy atom. The van der Waals surface area contributed by atoms with Crippen LogP contribution in [-0.4, -0.2) is 56.3 Å². The highest BCUT2D eigenvalue weighted by Crippen LogP contribution is 2.34. The van der Waals surface area contributed by atoms with Crippen LogP contribution >= 0.6 is 0 Å². The van der Waals surface area contributed by atoms with Crippen LogP contribution in [0.25, 0.3) is 103 Å². The predicted molar refractivity (Wildman–Crippen MR) is 400 cm³/mol. The molecule has 95 heavy (non-hydrogen) atoms. The Morgan fingerprint density at radius 2 is 0.747 bits per heavy atom. The van der Waals surface area contributed by atoms with Gasteiger partial charge in [0.15, 0.2) is 0 Å². The molecule has 0 atom stereocenters. The Labute approximate surface area is 558 Å². The number of sulfonamides is 1. The number of imidazole rings is 3. The molecule has 0 aliphatic heterocycles. The number of nitrogens with one attached hydrogen (secondary N) is 5. The number of rotatable bonds is 12. The summed E-state index contributed by atoms with van der Waals surface area (Å²) < 4.78 is 31.4. The molecule has 7 N–H and O–H groups in total. The van der Waals surface area contributed by atoms with E-state index in [-0.39, 0.29) is 16.2 Å². The molecule has 12 aromatic rings. The maximum absolute atomic E-state index is 12.3. The number of carbonyl (C=O) groups is 1. The molecular weight excluding hydrogens is 1200 g/mol. The number of H-pyrrole nitrogens is 3. The van der Waals surface area contributed by atoms with Gasteiger partial charge in [0.1, 0.15) is 23.1 Å². The average molecular weight is 1280 g/mol. The first-order chi connectivity index (χ1) is 45.0. The Hall–Kier alpha value is -10.6. The van der Waals surface area contributed by atoms with Crippen molar-refractivity contribution in [2.45, 2.75) is 105 Å². The van der Waals surface area contributed by atoms with Crippen molar-refractivity contribution in [1.82, 2.24) is 29.9 Å². The number of nitrogen functional groups attached to an aromatic ring is 1. The SMILES string of the molecule is CC(C)(C)OC(=O)Nc1ccccc1-c1ccc2nc(/C=C/c3ccc(C(C)(C)C)cc3)[nH]c2c1.CC(C)(C)c1ccc(/C=C/c2nc3ccc(-c4ccccc4N)cc3[nH]2)cc1.CC(C)(C)c1ccc(/C=C/c2nc3ccc(-c4ccccc4NS(C)(=O)=O)cc3[nH]2)cc1. The minimum absolute atomic E-state index is 0.133. The highest BCUT2D eigenvalue weighted by Gasteiger charge is 2.20. The lowest BCUT2D eigenvalue weighted by Gasteiger charge is -2.20. The molecule has 0 saturated carbocycles. The number of hydrogen-bond acceptors (Lipinski definition) is 8. The standard InChI is InChI=1S/C30H33N3O2.C26H27N3O2S.C25H25N3/c1-29(2,3)22-15-11-20(12-16-22)13-18-27-31-25-17-14-21(19-26(25)32-27)23-9-7-8-10-24(23)33-28(34)35-30(4,5)6;1-26(2,3)20-13-9-18(10-14-20)11-16-25-27-23-15-12-19(17-24(23)28-25)21-7-5-6-8-22(21)29-32(4,30)31;1-25(2,3)19-12-8-17(9-13-19)10-15-24-27-22-14-11-18(16-23(22)28-24)20-6-4-5-7-21(20)26/h7-19H,1-6H3,(H,31,32)(H,33,34);5-17,29H,1-4H3,(H,27,28);4-16H,26H2,1-3H3,(H,27,28)/b18-13+;16-11+;15-10+. The summed E-state index contributed by atoms with van der Waals surface area (Å²) in [7, 11) is -3.37. The van der Waals surface area contributed by atoms with Crippen LogP contribution in [0, 0.1) is 0 Å². The number of carbonyl (C=O) groups excluding carboxylic acids is 1. The van der Waals surface area contributed by atoms with Crippen molar-refractivity contribution in [3.05, 3.63) is 251 Å². The topological polar surface area (TPSA) is 197 Å². The van der Waals surface area contributed by atoms with E-state index in [0.717, 1.165) is 113 Å². The molecule has 0 saturated heterocycles. The number of fused-ring (bicyclic) bond motifs is 3. The zero-order chi connectivity index (χ0) is 67.9. The number of nitrogens with two attached hydrogens (primary N) is 1. The van der Waals surface area contributed by atoms with E-state index in [1.807, 2.05) is 154 Å². The number of nitrogens with zero attached hydrogens (tertiary/aromatic N) is 3. The number of anilines is 3. The third-order valence-electron chi connectivity index (χ3n) is 15.8. The van der Waals surface area contributed by atoms with Gasteiger partial charge in [-0.3, -0.25) is 10.0 Å². The number of hydrogen-bond donors (Lipinski definition) is 6. The number of benzene rings is 9. The molecule has 0 radical (unpaired) electrons. The molecule has 9 aromatic carbocycles. The Bertz CT molecular complexity index is 4890. The smallest absolute Gasteiger partial charge is 0.412 e. The third kappa shape index (κ3) is 18.2. The lowest BCUT2D eigenvalue weighted by atomic mass is 9.87. The van der Waals surface area contributed by atoms with E-state index < -0.39 is 21.7 Å². The van der Waals surface area contributed by atoms with Gasteiger partial charge in [-0.15, -0.1) is 0 Å². The fraction of sp³-hybridized carbons (Fsp3) is 0.210. The van der Waals surface area contributed by atoms with Crippen molar-refractivity contribution in [3.8, 4) is 33.4 Å². The first-order valence-corrected chi connectivity index (χ1v) is 33.7. The minimum Gasteiger partial charge on any atom is -0.444 e. The third-order valence-corrected chi connectivity index (χ3v) is 16.4. The number of para-hydroxylation sites is 3. The van der Waals surface area contributed by atoms with Gasteiger partial charge in [-0.2, -0.15) is 0 Å². The lowest BCUT2D eigenvalue weighted by molar-refractivity contribution is 0.0636. The van der Waals surface area contributed by atoms with Crippen molar-refractivity contribution in [3.63, 3.8) is 0 Å². The van der Waals surface area contributed by atoms with Gasteiger partial charge in [0, 0.05) is 22.4 Å². The fourth-order valence-electron chi connectivity index (χ4n) is 10.7. The van der Waals surface area contributed by atoms with Crippen LogP contribution < -0.4 is 15.8 Å². The monoisotopic (exact) mass is 1280 g/mol. The van der Waals surface area contributed by atoms with Crippen molar-refractivity contribution in [2.75, 3.05) is 22.0 Å². The first-order valence-electron chi connectivity index (χ1n) is 31.8. The maximum atomic E-state index is 12.3. The van der Waals surface area contributed by atoms with E-state index in [1.165, 1.54) is 16.7 Å². The molecule has 14 heteroatoms. The van der Waals surface area contributed by atoms with E-state index in [2.05, 4.69) is 194 Å². The maximum Gasteiger partial charge on any atom is 0.412 e. The van der Waals surface area contributed by atoms with Gasteiger partial charge < -0.3 is 25.4 Å². The van der Waals surface area contributed by atoms with Crippen LogP contribution in [0.2, 0.25) is 0 Å². The highest BCUT2D eigenvalue weighted by molar-refractivity contribution is 7.92. The zero-order valence-electron chi connectivity index (χ0n) is 56.5. The van der Waals surface area contributed by atoms with E-state index in [1.54, 1.807) is 6.07 Å². The van der Waals surface area contributed by atoms with Crippen LogP contribution in [0.5, 0.6) is 0 Å². The summed E-state index contributed by atoms with van der Waals surface area (Å²) in [6, 6.07) is 66.9. The first kappa shape index (κ1) is 67.3. The summed E-state index contributed by atoms with van der Waals surface area (Å²) in [6.45, 7) is 25.5. The predicted octanol–water partition coefficient (Wildman–Crippen LogP) is 20.4. The number of aromatic amines is 3. The normalized spacial score (nSPS) is 12.3. The molecule has 12 rings (SSSR count). The molecule has 0 spiro atoms. The quantitative estimate of drug-likeness (QED) is 0.0650. The van der Waals surface area contributed by atoms with Gasteiger partial charge in [0.25, 0.3) is 0 Å². The van der Waals surface area contributed by atoms with Gasteiger partial charge in [0.05, 0.1) is 50.7 Å². The highest BCUT2D eigenvalue weighted by atomic mass is 32.2. The molecule has 13 nitrogen and oxygen atoms in total. The average Bonchev–Trinajstić information content (AvgIpc) is 1.75. The van der Waals surface area contributed by atoms with Crippen LogP contribution in [-0.2, 0) is 31.0 Å². The molecule has 1 amide bonds. The Balaban J connectivity index is 0.000000156. The molecule has 3 aromatic heterocycles. The largest absolute Gasteiger partial charge is 0.444 e. The molecule has 0 aliphatic carbocycles. The van der Waals surface area contributed by atoms with E-state index >= 15 is 0 Å². The number of aromatic nitrogens is 6. The van der Waals surface area contributed by atoms with Crippen molar-refractivity contribution < 1.29 is 17.9 Å².